The highest BCUT2D eigenvalue weighted by atomic mass is 19.3. The van der Waals surface area contributed by atoms with Crippen molar-refractivity contribution in [1.29, 1.82) is 0 Å². The van der Waals surface area contributed by atoms with Crippen LogP contribution in [0, 0.1) is 0 Å². The molecule has 30 heavy (non-hydrogen) atoms. The predicted molar refractivity (Wildman–Crippen MR) is 106 cm³/mol. The molecule has 7 nitrogen and oxygen atoms in total. The fraction of sp³-hybridized carbons (Fsp3) is 0.238. The van der Waals surface area contributed by atoms with Crippen LogP contribution in [0.1, 0.15) is 18.5 Å². The summed E-state index contributed by atoms with van der Waals surface area (Å²) in [6.07, 6.45) is 0. The number of alkyl halides is 2. The number of amides is 3. The first-order valence-electron chi connectivity index (χ1n) is 9.06. The van der Waals surface area contributed by atoms with Gasteiger partial charge in [0.1, 0.15) is 11.5 Å². The minimum absolute atomic E-state index is 0.127. The van der Waals surface area contributed by atoms with Crippen LogP contribution in [0.4, 0.5) is 19.3 Å². The summed E-state index contributed by atoms with van der Waals surface area (Å²) in [7, 11) is 2.99. The number of nitrogens with zero attached hydrogens (tertiary/aromatic N) is 1. The Bertz CT molecular complexity index is 994. The van der Waals surface area contributed by atoms with Gasteiger partial charge in [-0.2, -0.15) is 8.78 Å². The van der Waals surface area contributed by atoms with Gasteiger partial charge in [-0.3, -0.25) is 4.79 Å². The number of methoxy groups -OCH3 is 1. The summed E-state index contributed by atoms with van der Waals surface area (Å²) in [5.74, 6) is -0.186. The number of urea groups is 1. The minimum atomic E-state index is -3.05. The van der Waals surface area contributed by atoms with Gasteiger partial charge in [0.25, 0.3) is 5.91 Å². The third-order valence-corrected chi connectivity index (χ3v) is 4.80. The number of rotatable bonds is 6. The lowest BCUT2D eigenvalue weighted by molar-refractivity contribution is -0.113. The quantitative estimate of drug-likeness (QED) is 0.747. The van der Waals surface area contributed by atoms with Crippen LogP contribution < -0.4 is 20.1 Å². The van der Waals surface area contributed by atoms with E-state index in [9.17, 15) is 18.4 Å². The number of ether oxygens (including phenoxy) is 2. The molecule has 2 N–H and O–H groups in total. The van der Waals surface area contributed by atoms with Crippen LogP contribution in [0.15, 0.2) is 59.8 Å². The Morgan fingerprint density at radius 3 is 2.43 bits per heavy atom. The molecule has 9 heteroatoms. The van der Waals surface area contributed by atoms with Gasteiger partial charge in [0.15, 0.2) is 0 Å². The lowest BCUT2D eigenvalue weighted by Crippen LogP contribution is -2.46. The Kier molecular flexibility index (Phi) is 6.20. The molecule has 0 unspecified atom stereocenters. The van der Waals surface area contributed by atoms with E-state index < -0.39 is 24.6 Å². The SMILES string of the molecule is COc1ccccc1NC(=O)C1=C(C)N(C)C(=O)N[C@@H]1c1ccccc1OC(F)F. The molecule has 158 valence electrons. The summed E-state index contributed by atoms with van der Waals surface area (Å²) >= 11 is 0. The van der Waals surface area contributed by atoms with E-state index in [1.54, 1.807) is 37.3 Å². The molecule has 3 amide bonds. The summed E-state index contributed by atoms with van der Waals surface area (Å²) < 4.78 is 35.6. The van der Waals surface area contributed by atoms with Crippen molar-refractivity contribution < 1.29 is 27.8 Å². The van der Waals surface area contributed by atoms with Crippen molar-refractivity contribution in [3.05, 3.63) is 65.4 Å². The molecule has 0 saturated heterocycles. The highest BCUT2D eigenvalue weighted by Crippen LogP contribution is 2.36. The summed E-state index contributed by atoms with van der Waals surface area (Å²) in [5.41, 5.74) is 1.24. The second-order valence-corrected chi connectivity index (χ2v) is 6.51. The van der Waals surface area contributed by atoms with Gasteiger partial charge in [-0.05, 0) is 25.1 Å². The summed E-state index contributed by atoms with van der Waals surface area (Å²) in [6, 6.07) is 11.4. The number of carbonyl (C=O) groups is 2. The number of halogens is 2. The van der Waals surface area contributed by atoms with Crippen LogP contribution in [0.25, 0.3) is 0 Å². The van der Waals surface area contributed by atoms with E-state index in [1.165, 1.54) is 37.3 Å². The van der Waals surface area contributed by atoms with Crippen LogP contribution >= 0.6 is 0 Å². The summed E-state index contributed by atoms with van der Waals surface area (Å²) in [4.78, 5) is 26.9. The fourth-order valence-electron chi connectivity index (χ4n) is 3.22. The van der Waals surface area contributed by atoms with E-state index in [1.807, 2.05) is 0 Å². The average molecular weight is 417 g/mol. The molecule has 0 spiro atoms. The van der Waals surface area contributed by atoms with Crippen molar-refractivity contribution in [2.45, 2.75) is 19.6 Å². The molecule has 2 aromatic carbocycles. The van der Waals surface area contributed by atoms with Gasteiger partial charge in [-0.1, -0.05) is 30.3 Å². The van der Waals surface area contributed by atoms with Crippen LogP contribution in [-0.2, 0) is 4.79 Å². The molecule has 1 atom stereocenters. The Hall–Kier alpha value is -3.62. The highest BCUT2D eigenvalue weighted by Gasteiger charge is 2.36. The molecule has 0 saturated carbocycles. The number of anilines is 1. The number of benzene rings is 2. The molecule has 0 aromatic heterocycles. The number of para-hydroxylation sites is 3. The first-order valence-corrected chi connectivity index (χ1v) is 9.06. The van der Waals surface area contributed by atoms with E-state index in [0.717, 1.165) is 0 Å². The Morgan fingerprint density at radius 2 is 1.77 bits per heavy atom. The Labute approximate surface area is 172 Å². The van der Waals surface area contributed by atoms with E-state index in [-0.39, 0.29) is 16.9 Å². The van der Waals surface area contributed by atoms with Gasteiger partial charge < -0.3 is 25.0 Å². The van der Waals surface area contributed by atoms with Crippen molar-refractivity contribution in [2.24, 2.45) is 0 Å². The minimum Gasteiger partial charge on any atom is -0.495 e. The van der Waals surface area contributed by atoms with Crippen molar-refractivity contribution in [1.82, 2.24) is 10.2 Å². The zero-order chi connectivity index (χ0) is 21.8. The molecular formula is C21H21F2N3O4. The normalized spacial score (nSPS) is 16.4. The number of hydrogen-bond acceptors (Lipinski definition) is 4. The zero-order valence-corrected chi connectivity index (χ0v) is 16.6. The highest BCUT2D eigenvalue weighted by molar-refractivity contribution is 6.07. The topological polar surface area (TPSA) is 79.9 Å². The largest absolute Gasteiger partial charge is 0.495 e. The fourth-order valence-corrected chi connectivity index (χ4v) is 3.22. The van der Waals surface area contributed by atoms with Gasteiger partial charge in [0.05, 0.1) is 24.4 Å². The van der Waals surface area contributed by atoms with Gasteiger partial charge in [0.2, 0.25) is 0 Å². The molecule has 1 aliphatic rings. The maximum Gasteiger partial charge on any atom is 0.387 e. The van der Waals surface area contributed by atoms with Crippen LogP contribution in [-0.4, -0.2) is 37.6 Å². The molecule has 3 rings (SSSR count). The predicted octanol–water partition coefficient (Wildman–Crippen LogP) is 3.91. The van der Waals surface area contributed by atoms with E-state index in [4.69, 9.17) is 4.74 Å². The number of carbonyl (C=O) groups excluding carboxylic acids is 2. The monoisotopic (exact) mass is 417 g/mol. The molecule has 1 aliphatic heterocycles. The van der Waals surface area contributed by atoms with Crippen LogP contribution in [0.2, 0.25) is 0 Å². The van der Waals surface area contributed by atoms with E-state index in [2.05, 4.69) is 15.4 Å². The molecule has 0 bridgehead atoms. The average Bonchev–Trinajstić information content (AvgIpc) is 2.72. The van der Waals surface area contributed by atoms with E-state index in [0.29, 0.717) is 17.1 Å². The number of allylic oxidation sites excluding steroid dienone is 1. The van der Waals surface area contributed by atoms with Gasteiger partial charge >= 0.3 is 12.6 Å². The van der Waals surface area contributed by atoms with Crippen molar-refractivity contribution in [3.63, 3.8) is 0 Å². The number of nitrogens with one attached hydrogen (secondary N) is 2. The van der Waals surface area contributed by atoms with Gasteiger partial charge in [-0.25, -0.2) is 4.79 Å². The zero-order valence-electron chi connectivity index (χ0n) is 16.6. The lowest BCUT2D eigenvalue weighted by atomic mass is 9.93. The van der Waals surface area contributed by atoms with Crippen molar-refractivity contribution in [3.8, 4) is 11.5 Å². The van der Waals surface area contributed by atoms with Gasteiger partial charge in [0, 0.05) is 18.3 Å². The molecule has 0 radical (unpaired) electrons. The first kappa shape index (κ1) is 21.1. The van der Waals surface area contributed by atoms with Crippen molar-refractivity contribution >= 4 is 17.6 Å². The second-order valence-electron chi connectivity index (χ2n) is 6.51. The molecular weight excluding hydrogens is 396 g/mol. The first-order chi connectivity index (χ1) is 14.3. The smallest absolute Gasteiger partial charge is 0.387 e. The molecule has 2 aromatic rings. The molecule has 0 fully saturated rings. The van der Waals surface area contributed by atoms with Crippen LogP contribution in [0.5, 0.6) is 11.5 Å². The Balaban J connectivity index is 2.05. The number of hydrogen-bond donors (Lipinski definition) is 2. The van der Waals surface area contributed by atoms with Crippen molar-refractivity contribution in [2.75, 3.05) is 19.5 Å². The third kappa shape index (κ3) is 4.19. The molecule has 0 aliphatic carbocycles. The summed E-state index contributed by atoms with van der Waals surface area (Å²) in [5, 5.41) is 5.45. The maximum atomic E-state index is 13.2. The lowest BCUT2D eigenvalue weighted by Gasteiger charge is -2.34. The third-order valence-electron chi connectivity index (χ3n) is 4.80. The van der Waals surface area contributed by atoms with Crippen LogP contribution in [0.3, 0.4) is 0 Å². The Morgan fingerprint density at radius 1 is 1.13 bits per heavy atom. The summed E-state index contributed by atoms with van der Waals surface area (Å²) in [6.45, 7) is -1.44. The van der Waals surface area contributed by atoms with Gasteiger partial charge in [-0.15, -0.1) is 0 Å². The standard InChI is InChI=1S/C21H21F2N3O4/c1-12-17(19(27)24-14-9-5-7-11-16(14)29-3)18(25-21(28)26(12)2)13-8-4-6-10-15(13)30-20(22)23/h4-11,18,20H,1-3H3,(H,24,27)(H,25,28)/t18-/m1/s1. The molecule has 1 heterocycles. The van der Waals surface area contributed by atoms with E-state index >= 15 is 0 Å². The maximum absolute atomic E-state index is 13.2. The second kappa shape index (κ2) is 8.81.